The van der Waals surface area contributed by atoms with Crippen LogP contribution >= 0.6 is 46.4 Å². The van der Waals surface area contributed by atoms with Gasteiger partial charge in [0.05, 0.1) is 11.3 Å². The molecule has 0 bridgehead atoms. The first-order valence-corrected chi connectivity index (χ1v) is 12.0. The minimum atomic E-state index is -3.69. The molecule has 31 heavy (non-hydrogen) atoms. The molecule has 0 aliphatic rings. The molecule has 0 saturated carbocycles. The summed E-state index contributed by atoms with van der Waals surface area (Å²) in [6, 6.07) is 9.21. The molecule has 162 valence electrons. The highest BCUT2D eigenvalue weighted by molar-refractivity contribution is 7.89. The molecule has 1 aromatic heterocycles. The van der Waals surface area contributed by atoms with Crippen LogP contribution in [0.3, 0.4) is 0 Å². The normalized spacial score (nSPS) is 11.3. The van der Waals surface area contributed by atoms with Crippen molar-refractivity contribution in [2.75, 3.05) is 6.26 Å². The van der Waals surface area contributed by atoms with Gasteiger partial charge in [0.15, 0.2) is 5.75 Å². The predicted molar refractivity (Wildman–Crippen MR) is 123 cm³/mol. The molecule has 2 aromatic carbocycles. The number of ether oxygens (including phenoxy) is 1. The quantitative estimate of drug-likeness (QED) is 0.436. The third-order valence-electron chi connectivity index (χ3n) is 4.02. The summed E-state index contributed by atoms with van der Waals surface area (Å²) >= 11 is 24.8. The number of hydrogen-bond donors (Lipinski definition) is 1. The lowest BCUT2D eigenvalue weighted by Crippen LogP contribution is -2.29. The summed E-state index contributed by atoms with van der Waals surface area (Å²) in [6.45, 7) is 1.79. The molecule has 0 radical (unpaired) electrons. The summed E-state index contributed by atoms with van der Waals surface area (Å²) in [7, 11) is -3.69. The largest absolute Gasteiger partial charge is 0.436 e. The first-order chi connectivity index (χ1) is 14.4. The number of carbonyl (C=O) groups is 1. The maximum atomic E-state index is 12.0. The average molecular weight is 520 g/mol. The summed E-state index contributed by atoms with van der Waals surface area (Å²) in [5.74, 6) is -0.267. The standard InChI is InChI=1S/C20H14Cl4N2O4S/c1-10-5-13(21)8-16(23)18(10)30-20-17(24)7-12(9-25-20)14-4-3-11(6-15(14)22)19(27)26-31(2,28)29/h3-9H,1-2H3,(H,26,27). The lowest BCUT2D eigenvalue weighted by Gasteiger charge is -2.13. The lowest BCUT2D eigenvalue weighted by atomic mass is 10.1. The van der Waals surface area contributed by atoms with E-state index in [1.165, 1.54) is 18.3 Å². The van der Waals surface area contributed by atoms with Gasteiger partial charge in [0.2, 0.25) is 15.9 Å². The zero-order valence-corrected chi connectivity index (χ0v) is 19.9. The molecule has 3 aromatic rings. The van der Waals surface area contributed by atoms with Gasteiger partial charge >= 0.3 is 0 Å². The van der Waals surface area contributed by atoms with Gasteiger partial charge in [-0.3, -0.25) is 4.79 Å². The van der Waals surface area contributed by atoms with Crippen molar-refractivity contribution >= 4 is 62.3 Å². The first kappa shape index (κ1) is 23.6. The number of rotatable bonds is 5. The Hall–Kier alpha value is -2.03. The third-order valence-corrected chi connectivity index (χ3v) is 5.66. The fourth-order valence-electron chi connectivity index (χ4n) is 2.68. The van der Waals surface area contributed by atoms with E-state index in [-0.39, 0.29) is 21.5 Å². The van der Waals surface area contributed by atoms with Crippen molar-refractivity contribution in [2.45, 2.75) is 6.92 Å². The topological polar surface area (TPSA) is 85.4 Å². The molecule has 1 heterocycles. The predicted octanol–water partition coefficient (Wildman–Crippen LogP) is 6.15. The number of sulfonamides is 1. The molecular formula is C20H14Cl4N2O4S. The Labute approximate surface area is 199 Å². The maximum absolute atomic E-state index is 12.0. The van der Waals surface area contributed by atoms with Gasteiger partial charge in [0, 0.05) is 32.9 Å². The molecule has 0 fully saturated rings. The summed E-state index contributed by atoms with van der Waals surface area (Å²) in [5.41, 5.74) is 1.91. The second-order valence-corrected chi connectivity index (χ2v) is 9.95. The number of amides is 1. The van der Waals surface area contributed by atoms with Crippen molar-refractivity contribution in [1.29, 1.82) is 0 Å². The number of benzene rings is 2. The molecule has 1 amide bonds. The van der Waals surface area contributed by atoms with Gasteiger partial charge in [-0.25, -0.2) is 18.1 Å². The molecule has 1 N–H and O–H groups in total. The minimum Gasteiger partial charge on any atom is -0.436 e. The van der Waals surface area contributed by atoms with E-state index in [0.717, 1.165) is 6.26 Å². The molecule has 0 spiro atoms. The Balaban J connectivity index is 1.89. The van der Waals surface area contributed by atoms with Crippen LogP contribution in [0.25, 0.3) is 11.1 Å². The van der Waals surface area contributed by atoms with Crippen molar-refractivity contribution in [1.82, 2.24) is 9.71 Å². The van der Waals surface area contributed by atoms with E-state index in [4.69, 9.17) is 51.1 Å². The Kier molecular flexibility index (Phi) is 7.03. The van der Waals surface area contributed by atoms with Crippen molar-refractivity contribution < 1.29 is 17.9 Å². The Bertz CT molecular complexity index is 1270. The van der Waals surface area contributed by atoms with Crippen LogP contribution in [0.4, 0.5) is 0 Å². The number of pyridine rings is 1. The van der Waals surface area contributed by atoms with Crippen LogP contribution in [0.5, 0.6) is 11.6 Å². The fourth-order valence-corrected chi connectivity index (χ4v) is 4.26. The molecule has 11 heteroatoms. The molecule has 0 saturated heterocycles. The Morgan fingerprint density at radius 3 is 2.29 bits per heavy atom. The van der Waals surface area contributed by atoms with Crippen LogP contribution in [-0.2, 0) is 10.0 Å². The minimum absolute atomic E-state index is 0.0889. The first-order valence-electron chi connectivity index (χ1n) is 8.55. The van der Waals surface area contributed by atoms with E-state index >= 15 is 0 Å². The van der Waals surface area contributed by atoms with Gasteiger partial charge < -0.3 is 4.74 Å². The molecule has 3 rings (SSSR count). The number of aryl methyl sites for hydroxylation is 1. The number of aromatic nitrogens is 1. The molecular weight excluding hydrogens is 506 g/mol. The number of halogens is 4. The number of nitrogens with zero attached hydrogens (tertiary/aromatic N) is 1. The van der Waals surface area contributed by atoms with E-state index in [1.54, 1.807) is 31.2 Å². The lowest BCUT2D eigenvalue weighted by molar-refractivity contribution is 0.0981. The second kappa shape index (κ2) is 9.22. The summed E-state index contributed by atoms with van der Waals surface area (Å²) in [6.07, 6.45) is 2.38. The van der Waals surface area contributed by atoms with E-state index in [2.05, 4.69) is 4.98 Å². The van der Waals surface area contributed by atoms with Gasteiger partial charge in [0.25, 0.3) is 5.91 Å². The average Bonchev–Trinajstić information content (AvgIpc) is 2.64. The monoisotopic (exact) mass is 518 g/mol. The van der Waals surface area contributed by atoms with Crippen LogP contribution in [-0.4, -0.2) is 25.6 Å². The smallest absolute Gasteiger partial charge is 0.264 e. The van der Waals surface area contributed by atoms with Crippen molar-refractivity contribution in [3.8, 4) is 22.8 Å². The molecule has 0 aliphatic heterocycles. The zero-order chi connectivity index (χ0) is 22.9. The molecule has 0 aliphatic carbocycles. The highest BCUT2D eigenvalue weighted by Crippen LogP contribution is 2.38. The molecule has 0 atom stereocenters. The molecule has 0 unspecified atom stereocenters. The van der Waals surface area contributed by atoms with Gasteiger partial charge in [-0.15, -0.1) is 0 Å². The van der Waals surface area contributed by atoms with Crippen molar-refractivity contribution in [3.63, 3.8) is 0 Å². The van der Waals surface area contributed by atoms with Crippen LogP contribution in [0, 0.1) is 6.92 Å². The highest BCUT2D eigenvalue weighted by Gasteiger charge is 2.16. The summed E-state index contributed by atoms with van der Waals surface area (Å²) in [4.78, 5) is 16.2. The van der Waals surface area contributed by atoms with Crippen LogP contribution in [0.2, 0.25) is 20.1 Å². The van der Waals surface area contributed by atoms with Crippen LogP contribution < -0.4 is 9.46 Å². The number of carbonyl (C=O) groups excluding carboxylic acids is 1. The number of nitrogens with one attached hydrogen (secondary N) is 1. The van der Waals surface area contributed by atoms with Crippen molar-refractivity contribution in [3.05, 3.63) is 73.8 Å². The van der Waals surface area contributed by atoms with Gasteiger partial charge in [0.1, 0.15) is 5.02 Å². The van der Waals surface area contributed by atoms with Gasteiger partial charge in [-0.05, 0) is 42.8 Å². The number of hydrogen-bond acceptors (Lipinski definition) is 5. The van der Waals surface area contributed by atoms with Crippen LogP contribution in [0.15, 0.2) is 42.6 Å². The maximum Gasteiger partial charge on any atom is 0.264 e. The van der Waals surface area contributed by atoms with E-state index in [1.807, 2.05) is 4.72 Å². The van der Waals surface area contributed by atoms with Gasteiger partial charge in [-0.1, -0.05) is 52.5 Å². The van der Waals surface area contributed by atoms with E-state index in [9.17, 15) is 13.2 Å². The van der Waals surface area contributed by atoms with E-state index < -0.39 is 15.9 Å². The Morgan fingerprint density at radius 1 is 1.00 bits per heavy atom. The molecule has 6 nitrogen and oxygen atoms in total. The van der Waals surface area contributed by atoms with Crippen molar-refractivity contribution in [2.24, 2.45) is 0 Å². The van der Waals surface area contributed by atoms with E-state index in [0.29, 0.717) is 32.5 Å². The van der Waals surface area contributed by atoms with Gasteiger partial charge in [-0.2, -0.15) is 0 Å². The Morgan fingerprint density at radius 2 is 1.71 bits per heavy atom. The SMILES string of the molecule is Cc1cc(Cl)cc(Cl)c1Oc1ncc(-c2ccc(C(=O)NS(C)(=O)=O)cc2Cl)cc1Cl. The zero-order valence-electron chi connectivity index (χ0n) is 16.0. The fraction of sp³-hybridized carbons (Fsp3) is 0.100. The highest BCUT2D eigenvalue weighted by atomic mass is 35.5. The summed E-state index contributed by atoms with van der Waals surface area (Å²) in [5, 5.41) is 1.22. The third kappa shape index (κ3) is 5.81. The second-order valence-electron chi connectivity index (χ2n) is 6.54. The summed E-state index contributed by atoms with van der Waals surface area (Å²) < 4.78 is 30.1. The van der Waals surface area contributed by atoms with Crippen LogP contribution in [0.1, 0.15) is 15.9 Å².